The highest BCUT2D eigenvalue weighted by molar-refractivity contribution is 5.94. The number of hydrogen-bond donors (Lipinski definition) is 1. The Labute approximate surface area is 122 Å². The fourth-order valence-electron chi connectivity index (χ4n) is 2.30. The fourth-order valence-corrected chi connectivity index (χ4v) is 2.30. The van der Waals surface area contributed by atoms with Gasteiger partial charge in [0.05, 0.1) is 25.4 Å². The Morgan fingerprint density at radius 3 is 2.43 bits per heavy atom. The van der Waals surface area contributed by atoms with Gasteiger partial charge in [-0.25, -0.2) is 9.97 Å². The van der Waals surface area contributed by atoms with E-state index in [0.717, 1.165) is 22.2 Å². The van der Waals surface area contributed by atoms with Crippen LogP contribution in [0.15, 0.2) is 42.7 Å². The quantitative estimate of drug-likeness (QED) is 0.747. The van der Waals surface area contributed by atoms with E-state index in [1.54, 1.807) is 14.2 Å². The van der Waals surface area contributed by atoms with Crippen molar-refractivity contribution in [1.82, 2.24) is 9.97 Å². The maximum Gasteiger partial charge on any atom is 0.162 e. The van der Waals surface area contributed by atoms with Crippen molar-refractivity contribution in [3.05, 3.63) is 42.7 Å². The van der Waals surface area contributed by atoms with Crippen molar-refractivity contribution >= 4 is 16.6 Å². The van der Waals surface area contributed by atoms with Gasteiger partial charge in [-0.3, -0.25) is 0 Å². The lowest BCUT2D eigenvalue weighted by Gasteiger charge is -2.11. The predicted octanol–water partition coefficient (Wildman–Crippen LogP) is 2.90. The number of methoxy groups -OCH3 is 2. The van der Waals surface area contributed by atoms with Crippen LogP contribution in [0, 0.1) is 0 Å². The summed E-state index contributed by atoms with van der Waals surface area (Å²) in [5, 5.41) is 0.890. The highest BCUT2D eigenvalue weighted by Gasteiger charge is 2.12. The second-order valence-corrected chi connectivity index (χ2v) is 4.57. The second kappa shape index (κ2) is 5.28. The van der Waals surface area contributed by atoms with Gasteiger partial charge in [0.15, 0.2) is 11.5 Å². The van der Waals surface area contributed by atoms with E-state index in [-0.39, 0.29) is 0 Å². The minimum atomic E-state index is 0.641. The van der Waals surface area contributed by atoms with Crippen molar-refractivity contribution in [2.75, 3.05) is 20.0 Å². The minimum absolute atomic E-state index is 0.641. The van der Waals surface area contributed by atoms with Gasteiger partial charge in [0, 0.05) is 22.7 Å². The largest absolute Gasteiger partial charge is 0.493 e. The first kappa shape index (κ1) is 13.2. The zero-order valence-corrected chi connectivity index (χ0v) is 11.8. The number of nitrogen functional groups attached to an aromatic ring is 1. The van der Waals surface area contributed by atoms with Gasteiger partial charge in [0.2, 0.25) is 0 Å². The van der Waals surface area contributed by atoms with Crippen LogP contribution in [0.4, 0.5) is 5.69 Å². The molecule has 0 fully saturated rings. The van der Waals surface area contributed by atoms with Crippen LogP contribution in [-0.2, 0) is 0 Å². The summed E-state index contributed by atoms with van der Waals surface area (Å²) < 4.78 is 10.7. The number of hydrogen-bond acceptors (Lipinski definition) is 5. The lowest BCUT2D eigenvalue weighted by atomic mass is 10.1. The average Bonchev–Trinajstić information content (AvgIpc) is 2.52. The molecule has 0 saturated carbocycles. The predicted molar refractivity (Wildman–Crippen MR) is 82.5 cm³/mol. The molecule has 0 aliphatic heterocycles. The number of rotatable bonds is 3. The molecule has 2 N–H and O–H groups in total. The number of fused-ring (bicyclic) bond motifs is 1. The molecular formula is C16H15N3O2. The minimum Gasteiger partial charge on any atom is -0.493 e. The van der Waals surface area contributed by atoms with E-state index in [1.807, 2.05) is 36.4 Å². The molecule has 2 aromatic carbocycles. The zero-order chi connectivity index (χ0) is 14.8. The normalized spacial score (nSPS) is 10.6. The van der Waals surface area contributed by atoms with Crippen LogP contribution in [0.2, 0.25) is 0 Å². The van der Waals surface area contributed by atoms with Crippen molar-refractivity contribution in [1.29, 1.82) is 0 Å². The molecule has 106 valence electrons. The highest BCUT2D eigenvalue weighted by Crippen LogP contribution is 2.35. The molecule has 5 nitrogen and oxygen atoms in total. The summed E-state index contributed by atoms with van der Waals surface area (Å²) in [7, 11) is 3.21. The first-order valence-corrected chi connectivity index (χ1v) is 6.45. The van der Waals surface area contributed by atoms with Crippen molar-refractivity contribution < 1.29 is 9.47 Å². The summed E-state index contributed by atoms with van der Waals surface area (Å²) in [5.41, 5.74) is 9.09. The number of anilines is 1. The molecular weight excluding hydrogens is 266 g/mol. The third-order valence-corrected chi connectivity index (χ3v) is 3.30. The van der Waals surface area contributed by atoms with Crippen LogP contribution in [-0.4, -0.2) is 24.2 Å². The zero-order valence-electron chi connectivity index (χ0n) is 11.8. The van der Waals surface area contributed by atoms with Crippen molar-refractivity contribution in [3.63, 3.8) is 0 Å². The molecule has 0 aliphatic carbocycles. The molecule has 0 radical (unpaired) electrons. The van der Waals surface area contributed by atoms with Gasteiger partial charge < -0.3 is 15.2 Å². The SMILES string of the molecule is COc1cc2ncnc(-c3cccc(N)c3)c2cc1OC. The Kier molecular flexibility index (Phi) is 3.31. The van der Waals surface area contributed by atoms with Gasteiger partial charge in [0.1, 0.15) is 6.33 Å². The van der Waals surface area contributed by atoms with Gasteiger partial charge in [-0.05, 0) is 18.2 Å². The van der Waals surface area contributed by atoms with E-state index in [4.69, 9.17) is 15.2 Å². The monoisotopic (exact) mass is 281 g/mol. The van der Waals surface area contributed by atoms with E-state index in [1.165, 1.54) is 6.33 Å². The maximum atomic E-state index is 5.85. The van der Waals surface area contributed by atoms with Crippen LogP contribution in [0.5, 0.6) is 11.5 Å². The Hall–Kier alpha value is -2.82. The molecule has 5 heteroatoms. The van der Waals surface area contributed by atoms with Crippen LogP contribution < -0.4 is 15.2 Å². The Bertz CT molecular complexity index is 803. The number of aromatic nitrogens is 2. The van der Waals surface area contributed by atoms with Gasteiger partial charge in [-0.1, -0.05) is 12.1 Å². The molecule has 0 atom stereocenters. The van der Waals surface area contributed by atoms with Crippen LogP contribution >= 0.6 is 0 Å². The molecule has 0 amide bonds. The van der Waals surface area contributed by atoms with E-state index in [9.17, 15) is 0 Å². The number of nitrogens with zero attached hydrogens (tertiary/aromatic N) is 2. The highest BCUT2D eigenvalue weighted by atomic mass is 16.5. The summed E-state index contributed by atoms with van der Waals surface area (Å²) in [6, 6.07) is 11.3. The maximum absolute atomic E-state index is 5.85. The third kappa shape index (κ3) is 2.33. The number of benzene rings is 2. The van der Waals surface area contributed by atoms with Gasteiger partial charge >= 0.3 is 0 Å². The summed E-state index contributed by atoms with van der Waals surface area (Å²) in [6.07, 6.45) is 1.53. The van der Waals surface area contributed by atoms with Crippen LogP contribution in [0.3, 0.4) is 0 Å². The average molecular weight is 281 g/mol. The Morgan fingerprint density at radius 1 is 0.952 bits per heavy atom. The van der Waals surface area contributed by atoms with Gasteiger partial charge in [-0.15, -0.1) is 0 Å². The first-order valence-electron chi connectivity index (χ1n) is 6.45. The molecule has 0 spiro atoms. The van der Waals surface area contributed by atoms with Crippen LogP contribution in [0.25, 0.3) is 22.2 Å². The van der Waals surface area contributed by atoms with E-state index < -0.39 is 0 Å². The van der Waals surface area contributed by atoms with E-state index in [0.29, 0.717) is 17.2 Å². The summed E-state index contributed by atoms with van der Waals surface area (Å²) in [6.45, 7) is 0. The van der Waals surface area contributed by atoms with Crippen molar-refractivity contribution in [3.8, 4) is 22.8 Å². The Balaban J connectivity index is 2.28. The summed E-state index contributed by atoms with van der Waals surface area (Å²) >= 11 is 0. The first-order chi connectivity index (χ1) is 10.2. The van der Waals surface area contributed by atoms with Gasteiger partial charge in [0.25, 0.3) is 0 Å². The van der Waals surface area contributed by atoms with E-state index >= 15 is 0 Å². The number of nitrogens with two attached hydrogens (primary N) is 1. The topological polar surface area (TPSA) is 70.3 Å². The molecule has 0 saturated heterocycles. The summed E-state index contributed by atoms with van der Waals surface area (Å²) in [4.78, 5) is 8.68. The number of ether oxygens (including phenoxy) is 2. The van der Waals surface area contributed by atoms with E-state index in [2.05, 4.69) is 9.97 Å². The molecule has 3 aromatic rings. The molecule has 0 aliphatic rings. The third-order valence-electron chi connectivity index (χ3n) is 3.30. The molecule has 21 heavy (non-hydrogen) atoms. The molecule has 1 heterocycles. The fraction of sp³-hybridized carbons (Fsp3) is 0.125. The molecule has 3 rings (SSSR count). The van der Waals surface area contributed by atoms with Crippen molar-refractivity contribution in [2.24, 2.45) is 0 Å². The lowest BCUT2D eigenvalue weighted by Crippen LogP contribution is -1.94. The Morgan fingerprint density at radius 2 is 1.71 bits per heavy atom. The lowest BCUT2D eigenvalue weighted by molar-refractivity contribution is 0.356. The molecule has 0 bridgehead atoms. The smallest absolute Gasteiger partial charge is 0.162 e. The second-order valence-electron chi connectivity index (χ2n) is 4.57. The standard InChI is InChI=1S/C16H15N3O2/c1-20-14-7-12-13(8-15(14)21-2)18-9-19-16(12)10-4-3-5-11(17)6-10/h3-9H,17H2,1-2H3. The summed E-state index contributed by atoms with van der Waals surface area (Å²) in [5.74, 6) is 1.28. The molecule has 0 unspecified atom stereocenters. The van der Waals surface area contributed by atoms with Crippen LogP contribution in [0.1, 0.15) is 0 Å². The molecule has 1 aromatic heterocycles. The van der Waals surface area contributed by atoms with Gasteiger partial charge in [-0.2, -0.15) is 0 Å². The van der Waals surface area contributed by atoms with Crippen molar-refractivity contribution in [2.45, 2.75) is 0 Å².